The molecule has 0 aromatic carbocycles. The first-order valence-corrected chi connectivity index (χ1v) is 11.6. The normalized spacial score (nSPS) is 23.4. The second-order valence-electron chi connectivity index (χ2n) is 9.87. The lowest BCUT2D eigenvalue weighted by Gasteiger charge is -2.58. The third kappa shape index (κ3) is 2.93. The molecule has 2 spiro atoms. The van der Waals surface area contributed by atoms with Crippen LogP contribution in [0, 0.1) is 13.8 Å². The van der Waals surface area contributed by atoms with E-state index in [1.54, 1.807) is 0 Å². The van der Waals surface area contributed by atoms with Crippen LogP contribution in [0.25, 0.3) is 0 Å². The molecule has 1 aromatic heterocycles. The summed E-state index contributed by atoms with van der Waals surface area (Å²) in [7, 11) is 0. The number of amides is 2. The Hall–Kier alpha value is -1.85. The van der Waals surface area contributed by atoms with Gasteiger partial charge in [0.2, 0.25) is 11.8 Å². The lowest BCUT2D eigenvalue weighted by molar-refractivity contribution is -0.156. The monoisotopic (exact) mass is 398 g/mol. The lowest BCUT2D eigenvalue weighted by Crippen LogP contribution is -2.65. The summed E-state index contributed by atoms with van der Waals surface area (Å²) in [6, 6.07) is 0. The van der Waals surface area contributed by atoms with Gasteiger partial charge in [-0.05, 0) is 77.2 Å². The molecule has 1 aromatic rings. The van der Waals surface area contributed by atoms with Crippen molar-refractivity contribution < 1.29 is 9.59 Å². The zero-order chi connectivity index (χ0) is 20.2. The average molecular weight is 399 g/mol. The molecule has 2 aliphatic heterocycles. The molecule has 2 saturated carbocycles. The second-order valence-corrected chi connectivity index (χ2v) is 9.87. The molecule has 4 aliphatic rings. The second kappa shape index (κ2) is 6.85. The zero-order valence-corrected chi connectivity index (χ0v) is 18.0. The fraction of sp³-hybridized carbons (Fsp3) is 0.783. The highest BCUT2D eigenvalue weighted by atomic mass is 16.2. The molecule has 0 radical (unpaired) electrons. The number of hydrogen-bond acceptors (Lipinski definition) is 3. The summed E-state index contributed by atoms with van der Waals surface area (Å²) in [6.07, 6.45) is 11.5. The third-order valence-electron chi connectivity index (χ3n) is 8.58. The molecule has 2 aliphatic carbocycles. The van der Waals surface area contributed by atoms with Crippen LogP contribution in [0.5, 0.6) is 0 Å². The van der Waals surface area contributed by atoms with Crippen LogP contribution in [0.3, 0.4) is 0 Å². The van der Waals surface area contributed by atoms with Crippen molar-refractivity contribution in [2.45, 2.75) is 102 Å². The molecule has 0 atom stereocenters. The SMILES string of the molecule is Cc1nn(CCC(=O)N2CCC23CCC3)c(C)c1CCC(=O)N1CCC12CCC2. The Kier molecular flexibility index (Phi) is 4.52. The van der Waals surface area contributed by atoms with Crippen molar-refractivity contribution in [1.29, 1.82) is 0 Å². The van der Waals surface area contributed by atoms with Crippen LogP contribution in [0.2, 0.25) is 0 Å². The minimum absolute atomic E-state index is 0.229. The Balaban J connectivity index is 1.16. The molecule has 6 nitrogen and oxygen atoms in total. The van der Waals surface area contributed by atoms with Gasteiger partial charge >= 0.3 is 0 Å². The summed E-state index contributed by atoms with van der Waals surface area (Å²) in [5, 5.41) is 4.69. The molecule has 6 heteroatoms. The molecular weight excluding hydrogens is 364 g/mol. The van der Waals surface area contributed by atoms with Gasteiger partial charge < -0.3 is 9.80 Å². The van der Waals surface area contributed by atoms with Crippen molar-refractivity contribution in [1.82, 2.24) is 19.6 Å². The third-order valence-corrected chi connectivity index (χ3v) is 8.58. The molecular formula is C23H34N4O2. The van der Waals surface area contributed by atoms with Crippen molar-refractivity contribution in [2.24, 2.45) is 0 Å². The van der Waals surface area contributed by atoms with E-state index in [-0.39, 0.29) is 17.0 Å². The topological polar surface area (TPSA) is 58.4 Å². The number of aromatic nitrogens is 2. The van der Waals surface area contributed by atoms with Gasteiger partial charge in [0.1, 0.15) is 0 Å². The van der Waals surface area contributed by atoms with Gasteiger partial charge in [0, 0.05) is 49.2 Å². The van der Waals surface area contributed by atoms with Crippen LogP contribution in [-0.4, -0.2) is 55.6 Å². The van der Waals surface area contributed by atoms with Gasteiger partial charge in [-0.3, -0.25) is 14.3 Å². The molecule has 3 heterocycles. The summed E-state index contributed by atoms with van der Waals surface area (Å²) < 4.78 is 1.98. The zero-order valence-electron chi connectivity index (χ0n) is 18.0. The van der Waals surface area contributed by atoms with Gasteiger partial charge in [0.15, 0.2) is 0 Å². The number of carbonyl (C=O) groups excluding carboxylic acids is 2. The van der Waals surface area contributed by atoms with E-state index in [0.29, 0.717) is 25.3 Å². The maximum Gasteiger partial charge on any atom is 0.224 e. The van der Waals surface area contributed by atoms with Crippen LogP contribution < -0.4 is 0 Å². The van der Waals surface area contributed by atoms with Gasteiger partial charge in [-0.15, -0.1) is 0 Å². The predicted octanol–water partition coefficient (Wildman–Crippen LogP) is 3.13. The fourth-order valence-electron chi connectivity index (χ4n) is 6.08. The van der Waals surface area contributed by atoms with Crippen molar-refractivity contribution in [2.75, 3.05) is 13.1 Å². The highest BCUT2D eigenvalue weighted by molar-refractivity contribution is 5.79. The summed E-state index contributed by atoms with van der Waals surface area (Å²) in [4.78, 5) is 29.6. The molecule has 4 fully saturated rings. The molecule has 0 unspecified atom stereocenters. The van der Waals surface area contributed by atoms with E-state index < -0.39 is 0 Å². The molecule has 0 N–H and O–H groups in total. The number of aryl methyl sites for hydroxylation is 2. The molecule has 5 rings (SSSR count). The number of hydrogen-bond donors (Lipinski definition) is 0. The Bertz CT molecular complexity index is 823. The van der Waals surface area contributed by atoms with Crippen molar-refractivity contribution >= 4 is 11.8 Å². The molecule has 2 saturated heterocycles. The van der Waals surface area contributed by atoms with E-state index in [1.165, 1.54) is 56.9 Å². The van der Waals surface area contributed by atoms with Crippen molar-refractivity contribution in [3.05, 3.63) is 17.0 Å². The highest BCUT2D eigenvalue weighted by Crippen LogP contribution is 2.48. The van der Waals surface area contributed by atoms with Gasteiger partial charge in [0.05, 0.1) is 5.69 Å². The van der Waals surface area contributed by atoms with Gasteiger partial charge in [-0.1, -0.05) is 0 Å². The van der Waals surface area contributed by atoms with E-state index in [0.717, 1.165) is 30.9 Å². The average Bonchev–Trinajstić information content (AvgIpc) is 2.80. The summed E-state index contributed by atoms with van der Waals surface area (Å²) in [6.45, 7) is 6.62. The fourth-order valence-corrected chi connectivity index (χ4v) is 6.08. The van der Waals surface area contributed by atoms with Crippen LogP contribution in [0.4, 0.5) is 0 Å². The Morgan fingerprint density at radius 1 is 0.862 bits per heavy atom. The maximum absolute atomic E-state index is 12.7. The summed E-state index contributed by atoms with van der Waals surface area (Å²) >= 11 is 0. The smallest absolute Gasteiger partial charge is 0.224 e. The molecule has 29 heavy (non-hydrogen) atoms. The summed E-state index contributed by atoms with van der Waals surface area (Å²) in [5.41, 5.74) is 3.77. The van der Waals surface area contributed by atoms with Gasteiger partial charge in [0.25, 0.3) is 0 Å². The number of nitrogens with zero attached hydrogens (tertiary/aromatic N) is 4. The Morgan fingerprint density at radius 2 is 1.41 bits per heavy atom. The molecule has 158 valence electrons. The first-order chi connectivity index (χ1) is 13.9. The van der Waals surface area contributed by atoms with Gasteiger partial charge in [-0.2, -0.15) is 5.10 Å². The largest absolute Gasteiger partial charge is 0.337 e. The Labute approximate surface area is 173 Å². The maximum atomic E-state index is 12.7. The van der Waals surface area contributed by atoms with E-state index in [2.05, 4.69) is 21.8 Å². The van der Waals surface area contributed by atoms with Gasteiger partial charge in [-0.25, -0.2) is 0 Å². The minimum Gasteiger partial charge on any atom is -0.337 e. The number of carbonyl (C=O) groups is 2. The lowest BCUT2D eigenvalue weighted by atomic mass is 9.67. The summed E-state index contributed by atoms with van der Waals surface area (Å²) in [5.74, 6) is 0.588. The van der Waals surface area contributed by atoms with E-state index in [4.69, 9.17) is 0 Å². The van der Waals surface area contributed by atoms with E-state index >= 15 is 0 Å². The van der Waals surface area contributed by atoms with Crippen LogP contribution >= 0.6 is 0 Å². The quantitative estimate of drug-likeness (QED) is 0.740. The number of rotatable bonds is 6. The van der Waals surface area contributed by atoms with E-state index in [9.17, 15) is 9.59 Å². The first kappa shape index (κ1) is 19.1. The van der Waals surface area contributed by atoms with Crippen molar-refractivity contribution in [3.8, 4) is 0 Å². The molecule has 2 amide bonds. The molecule has 0 bridgehead atoms. The predicted molar refractivity (Wildman–Crippen MR) is 110 cm³/mol. The Morgan fingerprint density at radius 3 is 1.86 bits per heavy atom. The van der Waals surface area contributed by atoms with E-state index in [1.807, 2.05) is 11.6 Å². The van der Waals surface area contributed by atoms with Crippen LogP contribution in [-0.2, 0) is 22.6 Å². The number of likely N-dealkylation sites (tertiary alicyclic amines) is 2. The van der Waals surface area contributed by atoms with Crippen LogP contribution in [0.1, 0.15) is 81.2 Å². The first-order valence-electron chi connectivity index (χ1n) is 11.6. The minimum atomic E-state index is 0.229. The van der Waals surface area contributed by atoms with Crippen molar-refractivity contribution in [3.63, 3.8) is 0 Å². The van der Waals surface area contributed by atoms with Crippen LogP contribution in [0.15, 0.2) is 0 Å². The highest BCUT2D eigenvalue weighted by Gasteiger charge is 2.51. The standard InChI is InChI=1S/C23H34N4O2/c1-17-19(5-6-20(28)25-15-12-22(25)8-3-9-22)18(2)27(24-17)14-7-21(29)26-16-13-23(26)10-4-11-23/h3-16H2,1-2H3.